The zero-order chi connectivity index (χ0) is 8.59. The van der Waals surface area contributed by atoms with E-state index in [1.165, 1.54) is 6.92 Å². The van der Waals surface area contributed by atoms with Gasteiger partial charge in [0.2, 0.25) is 0 Å². The maximum absolute atomic E-state index is 11.0. The Balaban J connectivity index is 3.08. The number of carboxylic acids is 1. The van der Waals surface area contributed by atoms with Crippen LogP contribution in [0.2, 0.25) is 0 Å². The summed E-state index contributed by atoms with van der Waals surface area (Å²) >= 11 is 0. The van der Waals surface area contributed by atoms with Gasteiger partial charge >= 0.3 is 5.97 Å². The van der Waals surface area contributed by atoms with Gasteiger partial charge in [0.1, 0.15) is 0 Å². The molecule has 0 aromatic heterocycles. The van der Waals surface area contributed by atoms with Crippen molar-refractivity contribution in [3.05, 3.63) is 23.3 Å². The second-order valence-corrected chi connectivity index (χ2v) is 2.52. The molecule has 0 spiro atoms. The highest BCUT2D eigenvalue weighted by atomic mass is 16.4. The molecule has 11 heavy (non-hydrogen) atoms. The van der Waals surface area contributed by atoms with E-state index >= 15 is 0 Å². The Morgan fingerprint density at radius 3 is 2.36 bits per heavy atom. The highest BCUT2D eigenvalue weighted by Gasteiger charge is 2.26. The van der Waals surface area contributed by atoms with Crippen LogP contribution in [0, 0.1) is 0 Å². The molecule has 3 heteroatoms. The van der Waals surface area contributed by atoms with E-state index in [2.05, 4.69) is 6.58 Å². The number of carboxylic acid groups (broad SMARTS) is 1. The van der Waals surface area contributed by atoms with Crippen molar-refractivity contribution in [1.82, 2.24) is 0 Å². The van der Waals surface area contributed by atoms with Crippen molar-refractivity contribution < 1.29 is 14.7 Å². The number of aliphatic carboxylic acids is 1. The van der Waals surface area contributed by atoms with Gasteiger partial charge in [0.25, 0.3) is 0 Å². The fraction of sp³-hybridized carbons (Fsp3) is 0.250. The molecule has 1 rings (SSSR count). The van der Waals surface area contributed by atoms with Gasteiger partial charge in [-0.3, -0.25) is 4.79 Å². The van der Waals surface area contributed by atoms with Crippen LogP contribution in [0.1, 0.15) is 13.3 Å². The smallest absolute Gasteiger partial charge is 0.332 e. The number of carbonyl (C=O) groups excluding carboxylic acids is 1. The Hall–Kier alpha value is -1.38. The topological polar surface area (TPSA) is 54.4 Å². The number of hydrogen-bond donors (Lipinski definition) is 1. The van der Waals surface area contributed by atoms with Gasteiger partial charge in [0, 0.05) is 17.6 Å². The van der Waals surface area contributed by atoms with E-state index in [1.807, 2.05) is 0 Å². The van der Waals surface area contributed by atoms with Crippen LogP contribution in [0.15, 0.2) is 23.3 Å². The van der Waals surface area contributed by atoms with Crippen LogP contribution in [0.4, 0.5) is 0 Å². The summed E-state index contributed by atoms with van der Waals surface area (Å²) in [4.78, 5) is 21.5. The molecule has 0 aromatic rings. The Kier molecular flexibility index (Phi) is 1.64. The zero-order valence-corrected chi connectivity index (χ0v) is 6.18. The molecule has 0 unspecified atom stereocenters. The molecule has 0 saturated heterocycles. The summed E-state index contributed by atoms with van der Waals surface area (Å²) in [6.45, 7) is 4.98. The second kappa shape index (κ2) is 2.34. The molecule has 58 valence electrons. The minimum Gasteiger partial charge on any atom is -0.478 e. The molecule has 0 fully saturated rings. The Bertz CT molecular complexity index is 284. The summed E-state index contributed by atoms with van der Waals surface area (Å²) in [5, 5.41) is 8.57. The highest BCUT2D eigenvalue weighted by molar-refractivity contribution is 6.16. The fourth-order valence-corrected chi connectivity index (χ4v) is 1.06. The van der Waals surface area contributed by atoms with Gasteiger partial charge in [0.05, 0.1) is 0 Å². The number of hydrogen-bond acceptors (Lipinski definition) is 2. The van der Waals surface area contributed by atoms with E-state index in [1.54, 1.807) is 0 Å². The molecule has 1 aliphatic rings. The third-order valence-electron chi connectivity index (χ3n) is 1.76. The zero-order valence-electron chi connectivity index (χ0n) is 6.18. The average molecular weight is 152 g/mol. The van der Waals surface area contributed by atoms with E-state index in [0.717, 1.165) is 0 Å². The molecule has 0 radical (unpaired) electrons. The predicted octanol–water partition coefficient (Wildman–Crippen LogP) is 0.916. The quantitative estimate of drug-likeness (QED) is 0.568. The first-order valence-electron chi connectivity index (χ1n) is 3.19. The van der Waals surface area contributed by atoms with Crippen molar-refractivity contribution in [2.75, 3.05) is 0 Å². The SMILES string of the molecule is C=C1CC(C(=O)O)=C(C)C1=O. The minimum absolute atomic E-state index is 0.181. The molecule has 0 atom stereocenters. The molecule has 3 nitrogen and oxygen atoms in total. The van der Waals surface area contributed by atoms with Crippen LogP contribution in [-0.2, 0) is 9.59 Å². The fourth-order valence-electron chi connectivity index (χ4n) is 1.06. The molecule has 0 aromatic carbocycles. The van der Waals surface area contributed by atoms with E-state index < -0.39 is 5.97 Å². The normalized spacial score (nSPS) is 17.9. The molecule has 0 amide bonds. The summed E-state index contributed by atoms with van der Waals surface area (Å²) in [7, 11) is 0. The lowest BCUT2D eigenvalue weighted by atomic mass is 10.2. The lowest BCUT2D eigenvalue weighted by Crippen LogP contribution is -1.99. The summed E-state index contributed by atoms with van der Waals surface area (Å²) in [6.07, 6.45) is 0.194. The molecular formula is C8H8O3. The van der Waals surface area contributed by atoms with Crippen LogP contribution >= 0.6 is 0 Å². The Morgan fingerprint density at radius 1 is 1.64 bits per heavy atom. The third-order valence-corrected chi connectivity index (χ3v) is 1.76. The van der Waals surface area contributed by atoms with Crippen molar-refractivity contribution in [3.8, 4) is 0 Å². The van der Waals surface area contributed by atoms with Crippen molar-refractivity contribution in [2.45, 2.75) is 13.3 Å². The van der Waals surface area contributed by atoms with Gasteiger partial charge in [-0.1, -0.05) is 6.58 Å². The number of Topliss-reactive ketones (excluding diaryl/α,β-unsaturated/α-hetero) is 1. The molecule has 0 bridgehead atoms. The summed E-state index contributed by atoms with van der Waals surface area (Å²) < 4.78 is 0. The maximum atomic E-state index is 11.0. The van der Waals surface area contributed by atoms with Gasteiger partial charge < -0.3 is 5.11 Å². The molecular weight excluding hydrogens is 144 g/mol. The monoisotopic (exact) mass is 152 g/mol. The standard InChI is InChI=1S/C8H8O3/c1-4-3-6(8(10)11)5(2)7(4)9/h1,3H2,2H3,(H,10,11). The Morgan fingerprint density at radius 2 is 2.18 bits per heavy atom. The van der Waals surface area contributed by atoms with Crippen molar-refractivity contribution >= 4 is 11.8 Å². The predicted molar refractivity (Wildman–Crippen MR) is 39.1 cm³/mol. The van der Waals surface area contributed by atoms with Crippen molar-refractivity contribution in [2.24, 2.45) is 0 Å². The number of carbonyl (C=O) groups is 2. The minimum atomic E-state index is -1.02. The van der Waals surface area contributed by atoms with Crippen molar-refractivity contribution in [1.29, 1.82) is 0 Å². The van der Waals surface area contributed by atoms with E-state index in [-0.39, 0.29) is 17.8 Å². The second-order valence-electron chi connectivity index (χ2n) is 2.52. The third kappa shape index (κ3) is 1.09. The van der Waals surface area contributed by atoms with Crippen LogP contribution in [0.25, 0.3) is 0 Å². The lowest BCUT2D eigenvalue weighted by molar-refractivity contribution is -0.132. The summed E-state index contributed by atoms with van der Waals surface area (Å²) in [6, 6.07) is 0. The average Bonchev–Trinajstić information content (AvgIpc) is 2.17. The highest BCUT2D eigenvalue weighted by Crippen LogP contribution is 2.25. The molecule has 0 aliphatic heterocycles. The molecule has 1 aliphatic carbocycles. The van der Waals surface area contributed by atoms with Gasteiger partial charge in [-0.15, -0.1) is 0 Å². The van der Waals surface area contributed by atoms with Crippen LogP contribution in [-0.4, -0.2) is 16.9 Å². The van der Waals surface area contributed by atoms with Gasteiger partial charge in [-0.25, -0.2) is 4.79 Å². The first-order chi connectivity index (χ1) is 5.04. The summed E-state index contributed by atoms with van der Waals surface area (Å²) in [5.74, 6) is -1.24. The van der Waals surface area contributed by atoms with Crippen LogP contribution < -0.4 is 0 Å². The van der Waals surface area contributed by atoms with Gasteiger partial charge in [0.15, 0.2) is 5.78 Å². The van der Waals surface area contributed by atoms with Gasteiger partial charge in [-0.2, -0.15) is 0 Å². The van der Waals surface area contributed by atoms with E-state index in [0.29, 0.717) is 11.1 Å². The Labute approximate surface area is 64.0 Å². The number of allylic oxidation sites excluding steroid dienone is 2. The largest absolute Gasteiger partial charge is 0.478 e. The number of rotatable bonds is 1. The number of ketones is 1. The molecule has 1 N–H and O–H groups in total. The maximum Gasteiger partial charge on any atom is 0.332 e. The first kappa shape index (κ1) is 7.72. The van der Waals surface area contributed by atoms with Crippen molar-refractivity contribution in [3.63, 3.8) is 0 Å². The van der Waals surface area contributed by atoms with Crippen LogP contribution in [0.5, 0.6) is 0 Å². The summed E-state index contributed by atoms with van der Waals surface area (Å²) in [5.41, 5.74) is 0.877. The lowest BCUT2D eigenvalue weighted by Gasteiger charge is -1.90. The van der Waals surface area contributed by atoms with Gasteiger partial charge in [-0.05, 0) is 12.5 Å². The molecule has 0 heterocycles. The van der Waals surface area contributed by atoms with Crippen LogP contribution in [0.3, 0.4) is 0 Å². The van der Waals surface area contributed by atoms with E-state index in [4.69, 9.17) is 5.11 Å². The molecule has 0 saturated carbocycles. The first-order valence-corrected chi connectivity index (χ1v) is 3.19. The van der Waals surface area contributed by atoms with E-state index in [9.17, 15) is 9.59 Å².